The molecular formula is C52H33N3SSi. The van der Waals surface area contributed by atoms with Gasteiger partial charge in [0.15, 0.2) is 13.9 Å². The molecule has 0 N–H and O–H groups in total. The number of fused-ring (bicyclic) bond motifs is 10. The summed E-state index contributed by atoms with van der Waals surface area (Å²) in [4.78, 5) is 11.2. The molecule has 266 valence electrons. The van der Waals surface area contributed by atoms with Crippen LogP contribution in [0.5, 0.6) is 0 Å². The summed E-state index contributed by atoms with van der Waals surface area (Å²) < 4.78 is 5.08. The highest BCUT2D eigenvalue weighted by Crippen LogP contribution is 2.44. The van der Waals surface area contributed by atoms with Crippen LogP contribution in [-0.2, 0) is 0 Å². The average Bonchev–Trinajstić information content (AvgIpc) is 3.93. The number of thiophene rings is 1. The van der Waals surface area contributed by atoms with Gasteiger partial charge in [0.2, 0.25) is 0 Å². The third kappa shape index (κ3) is 4.64. The lowest BCUT2D eigenvalue weighted by molar-refractivity contribution is 1.17. The molecule has 11 aromatic rings. The van der Waals surface area contributed by atoms with Gasteiger partial charge in [0.05, 0.1) is 22.4 Å². The summed E-state index contributed by atoms with van der Waals surface area (Å²) in [5.74, 6) is 0.735. The van der Waals surface area contributed by atoms with Crippen LogP contribution < -0.4 is 20.7 Å². The van der Waals surface area contributed by atoms with Gasteiger partial charge < -0.3 is 4.57 Å². The van der Waals surface area contributed by atoms with E-state index in [-0.39, 0.29) is 0 Å². The van der Waals surface area contributed by atoms with Crippen LogP contribution in [0.2, 0.25) is 0 Å². The summed E-state index contributed by atoms with van der Waals surface area (Å²) in [6, 6.07) is 73.0. The van der Waals surface area contributed by atoms with Gasteiger partial charge in [-0.3, -0.25) is 0 Å². The minimum absolute atomic E-state index is 0.735. The zero-order valence-electron chi connectivity index (χ0n) is 30.8. The van der Waals surface area contributed by atoms with Gasteiger partial charge in [-0.15, -0.1) is 11.3 Å². The minimum atomic E-state index is -2.93. The van der Waals surface area contributed by atoms with E-state index in [0.29, 0.717) is 0 Å². The van der Waals surface area contributed by atoms with Crippen molar-refractivity contribution in [1.82, 2.24) is 14.5 Å². The second-order valence-corrected chi connectivity index (χ2v) is 19.6. The highest BCUT2D eigenvalue weighted by molar-refractivity contribution is 7.26. The van der Waals surface area contributed by atoms with Gasteiger partial charge in [0.25, 0.3) is 0 Å². The van der Waals surface area contributed by atoms with E-state index in [4.69, 9.17) is 9.97 Å². The number of nitrogens with zero attached hydrogens (tertiary/aromatic N) is 3. The highest BCUT2D eigenvalue weighted by Gasteiger charge is 2.51. The second kappa shape index (κ2) is 12.5. The van der Waals surface area contributed by atoms with Crippen LogP contribution in [0.3, 0.4) is 0 Å². The van der Waals surface area contributed by atoms with Gasteiger partial charge in [0, 0.05) is 58.5 Å². The van der Waals surface area contributed by atoms with Crippen LogP contribution in [0.4, 0.5) is 0 Å². The molecule has 8 aromatic carbocycles. The van der Waals surface area contributed by atoms with Crippen molar-refractivity contribution in [1.29, 1.82) is 0 Å². The van der Waals surface area contributed by atoms with Crippen molar-refractivity contribution in [3.05, 3.63) is 200 Å². The van der Waals surface area contributed by atoms with Gasteiger partial charge in [-0.2, -0.15) is 0 Å². The fraction of sp³-hybridized carbons (Fsp3) is 0. The molecule has 0 radical (unpaired) electrons. The van der Waals surface area contributed by atoms with Gasteiger partial charge in [-0.1, -0.05) is 164 Å². The Morgan fingerprint density at radius 2 is 1.07 bits per heavy atom. The number of rotatable bonds is 5. The third-order valence-electron chi connectivity index (χ3n) is 11.9. The quantitative estimate of drug-likeness (QED) is 0.164. The molecule has 1 aliphatic heterocycles. The molecule has 0 atom stereocenters. The Balaban J connectivity index is 1.19. The normalized spacial score (nSPS) is 13.1. The van der Waals surface area contributed by atoms with Crippen molar-refractivity contribution in [3.8, 4) is 39.6 Å². The van der Waals surface area contributed by atoms with Crippen LogP contribution >= 0.6 is 11.3 Å². The van der Waals surface area contributed by atoms with E-state index in [2.05, 4.69) is 205 Å². The Morgan fingerprint density at radius 1 is 0.439 bits per heavy atom. The van der Waals surface area contributed by atoms with Crippen molar-refractivity contribution in [2.45, 2.75) is 0 Å². The summed E-state index contributed by atoms with van der Waals surface area (Å²) in [6.07, 6.45) is 0. The maximum atomic E-state index is 5.65. The molecule has 0 aliphatic carbocycles. The predicted octanol–water partition coefficient (Wildman–Crippen LogP) is 10.6. The van der Waals surface area contributed by atoms with E-state index in [0.717, 1.165) is 34.0 Å². The summed E-state index contributed by atoms with van der Waals surface area (Å²) in [6.45, 7) is 0. The van der Waals surface area contributed by atoms with E-state index in [1.54, 1.807) is 0 Å². The number of hydrogen-bond acceptors (Lipinski definition) is 3. The van der Waals surface area contributed by atoms with Crippen LogP contribution in [0.15, 0.2) is 200 Å². The van der Waals surface area contributed by atoms with Crippen molar-refractivity contribution in [2.24, 2.45) is 0 Å². The van der Waals surface area contributed by atoms with Crippen molar-refractivity contribution < 1.29 is 0 Å². The second-order valence-electron chi connectivity index (χ2n) is 14.8. The predicted molar refractivity (Wildman–Crippen MR) is 243 cm³/mol. The van der Waals surface area contributed by atoms with Crippen molar-refractivity contribution in [3.63, 3.8) is 0 Å². The smallest absolute Gasteiger partial charge is 0.185 e. The third-order valence-corrected chi connectivity index (χ3v) is 17.9. The maximum absolute atomic E-state index is 5.65. The van der Waals surface area contributed by atoms with E-state index < -0.39 is 8.07 Å². The Bertz CT molecular complexity index is 3310. The minimum Gasteiger partial charge on any atom is -0.309 e. The molecule has 0 bridgehead atoms. The molecule has 12 rings (SSSR count). The van der Waals surface area contributed by atoms with Crippen LogP contribution in [0.25, 0.3) is 81.6 Å². The topological polar surface area (TPSA) is 30.7 Å². The van der Waals surface area contributed by atoms with Crippen LogP contribution in [0.1, 0.15) is 0 Å². The SMILES string of the molecule is c1ccc(-c2nc(-c3cccc(-n4c5ccccc5c5c6c(ccc54)sc4ccccc46)c3)c3c(n2)-c2ccccc2[Si]3(c2ccccc2)c2ccccc2)cc1. The first-order chi connectivity index (χ1) is 28.3. The standard InChI is InChI=1S/C52H33N3SSi/c1-4-17-34(18-5-1)52-53-49(51-50(54-52)41-27-12-15-30-46(41)57(51,37-21-6-2-7-22-37)38-23-8-3-9-24-38)35-19-16-20-36(33-35)55-42-28-13-10-25-39(42)47-43(55)31-32-45-48(47)40-26-11-14-29-44(40)56-45/h1-33H. The van der Waals surface area contributed by atoms with Crippen molar-refractivity contribution >= 4 is 82.1 Å². The summed E-state index contributed by atoms with van der Waals surface area (Å²) in [5.41, 5.74) is 8.79. The fourth-order valence-electron chi connectivity index (χ4n) is 9.57. The zero-order valence-corrected chi connectivity index (χ0v) is 32.6. The lowest BCUT2D eigenvalue weighted by Crippen LogP contribution is -2.73. The average molecular weight is 760 g/mol. The van der Waals surface area contributed by atoms with Crippen LogP contribution in [0, 0.1) is 0 Å². The summed E-state index contributed by atoms with van der Waals surface area (Å²) >= 11 is 1.87. The number of benzene rings is 8. The molecule has 0 amide bonds. The zero-order chi connectivity index (χ0) is 37.5. The molecule has 0 unspecified atom stereocenters. The van der Waals surface area contributed by atoms with Gasteiger partial charge in [-0.05, 0) is 52.0 Å². The van der Waals surface area contributed by atoms with Gasteiger partial charge in [0.1, 0.15) is 0 Å². The highest BCUT2D eigenvalue weighted by atomic mass is 32.1. The number of aromatic nitrogens is 3. The molecule has 0 saturated heterocycles. The molecule has 0 saturated carbocycles. The molecule has 3 aromatic heterocycles. The van der Waals surface area contributed by atoms with E-state index in [1.165, 1.54) is 68.3 Å². The van der Waals surface area contributed by atoms with Crippen LogP contribution in [-0.4, -0.2) is 22.6 Å². The first-order valence-electron chi connectivity index (χ1n) is 19.4. The number of hydrogen-bond donors (Lipinski definition) is 0. The van der Waals surface area contributed by atoms with Crippen molar-refractivity contribution in [2.75, 3.05) is 0 Å². The Labute approximate surface area is 334 Å². The Hall–Kier alpha value is -6.92. The monoisotopic (exact) mass is 759 g/mol. The fourth-order valence-corrected chi connectivity index (χ4v) is 15.9. The lowest BCUT2D eigenvalue weighted by Gasteiger charge is -2.32. The number of para-hydroxylation sites is 1. The first kappa shape index (κ1) is 32.3. The van der Waals surface area contributed by atoms with E-state index in [1.807, 2.05) is 11.3 Å². The maximum Gasteiger partial charge on any atom is 0.185 e. The van der Waals surface area contributed by atoms with E-state index >= 15 is 0 Å². The molecule has 0 spiro atoms. The molecular weight excluding hydrogens is 727 g/mol. The lowest BCUT2D eigenvalue weighted by atomic mass is 10.1. The molecule has 5 heteroatoms. The first-order valence-corrected chi connectivity index (χ1v) is 22.2. The largest absolute Gasteiger partial charge is 0.309 e. The van der Waals surface area contributed by atoms with Gasteiger partial charge >= 0.3 is 0 Å². The molecule has 4 heterocycles. The Morgan fingerprint density at radius 3 is 1.86 bits per heavy atom. The van der Waals surface area contributed by atoms with E-state index in [9.17, 15) is 0 Å². The summed E-state index contributed by atoms with van der Waals surface area (Å²) in [7, 11) is -2.93. The Kier molecular flexibility index (Phi) is 7.12. The summed E-state index contributed by atoms with van der Waals surface area (Å²) in [5, 5.41) is 10.4. The molecule has 3 nitrogen and oxygen atoms in total. The molecule has 57 heavy (non-hydrogen) atoms. The van der Waals surface area contributed by atoms with Gasteiger partial charge in [-0.25, -0.2) is 9.97 Å². The molecule has 0 fully saturated rings. The molecule has 1 aliphatic rings.